The average Bonchev–Trinajstić information content (AvgIpc) is 3.03. The molecule has 1 fully saturated rings. The smallest absolute Gasteiger partial charge is 0.323 e. The quantitative estimate of drug-likeness (QED) is 0.515. The fraction of sp³-hybridized carbons (Fsp3) is 0.278. The summed E-state index contributed by atoms with van der Waals surface area (Å²) in [6.07, 6.45) is 0. The van der Waals surface area contributed by atoms with Crippen molar-refractivity contribution in [2.75, 3.05) is 7.11 Å². The third-order valence-corrected chi connectivity index (χ3v) is 4.79. The maximum Gasteiger partial charge on any atom is 0.323 e. The Morgan fingerprint density at radius 2 is 1.76 bits per heavy atom. The normalized spacial score (nSPS) is 25.5. The van der Waals surface area contributed by atoms with Crippen molar-refractivity contribution < 1.29 is 14.5 Å². The number of methoxy groups -OCH3 is 1. The average molecular weight is 361 g/mol. The van der Waals surface area contributed by atoms with E-state index in [1.54, 1.807) is 48.5 Å². The van der Waals surface area contributed by atoms with Crippen LogP contribution in [0.2, 0.25) is 5.02 Å². The third kappa shape index (κ3) is 3.36. The van der Waals surface area contributed by atoms with Crippen LogP contribution in [-0.4, -0.2) is 30.1 Å². The molecule has 0 unspecified atom stereocenters. The molecule has 25 heavy (non-hydrogen) atoms. The monoisotopic (exact) mass is 360 g/mol. The van der Waals surface area contributed by atoms with Gasteiger partial charge in [0.2, 0.25) is 6.04 Å². The Balaban J connectivity index is 2.07. The fourth-order valence-electron chi connectivity index (χ4n) is 3.42. The van der Waals surface area contributed by atoms with Gasteiger partial charge in [-0.15, -0.1) is 0 Å². The van der Waals surface area contributed by atoms with Crippen LogP contribution in [0.25, 0.3) is 0 Å². The topological polar surface area (TPSA) is 81.5 Å². The highest BCUT2D eigenvalue weighted by atomic mass is 35.5. The van der Waals surface area contributed by atoms with Crippen molar-refractivity contribution >= 4 is 17.6 Å². The molecule has 6 nitrogen and oxygen atoms in total. The van der Waals surface area contributed by atoms with Crippen LogP contribution in [0.5, 0.6) is 0 Å². The predicted octanol–water partition coefficient (Wildman–Crippen LogP) is 2.96. The van der Waals surface area contributed by atoms with Gasteiger partial charge in [0.05, 0.1) is 13.0 Å². The number of hydrogen-bond acceptors (Lipinski definition) is 5. The van der Waals surface area contributed by atoms with Gasteiger partial charge in [0, 0.05) is 9.95 Å². The van der Waals surface area contributed by atoms with E-state index in [0.29, 0.717) is 10.6 Å². The summed E-state index contributed by atoms with van der Waals surface area (Å²) in [4.78, 5) is 23.8. The second kappa shape index (κ2) is 7.21. The number of hydrogen-bond donors (Lipinski definition) is 1. The summed E-state index contributed by atoms with van der Waals surface area (Å²) in [6, 6.07) is 13.4. The highest BCUT2D eigenvalue weighted by Crippen LogP contribution is 2.40. The molecule has 2 aromatic carbocycles. The number of carbonyl (C=O) groups is 1. The van der Waals surface area contributed by atoms with Crippen molar-refractivity contribution in [3.8, 4) is 0 Å². The molecule has 1 N–H and O–H groups in total. The lowest BCUT2D eigenvalue weighted by Gasteiger charge is -2.19. The summed E-state index contributed by atoms with van der Waals surface area (Å²) in [5.74, 6) is -1.15. The van der Waals surface area contributed by atoms with Crippen LogP contribution in [0.15, 0.2) is 54.6 Å². The highest BCUT2D eigenvalue weighted by molar-refractivity contribution is 6.30. The number of rotatable bonds is 4. The molecular weight excluding hydrogens is 344 g/mol. The largest absolute Gasteiger partial charge is 0.468 e. The number of ether oxygens (including phenoxy) is 1. The van der Waals surface area contributed by atoms with Gasteiger partial charge in [-0.3, -0.25) is 20.2 Å². The Morgan fingerprint density at radius 3 is 2.32 bits per heavy atom. The Kier molecular flexibility index (Phi) is 5.01. The first kappa shape index (κ1) is 17.4. The Morgan fingerprint density at radius 1 is 1.12 bits per heavy atom. The van der Waals surface area contributed by atoms with Gasteiger partial charge in [-0.05, 0) is 23.3 Å². The number of benzene rings is 2. The van der Waals surface area contributed by atoms with Crippen molar-refractivity contribution in [1.29, 1.82) is 0 Å². The lowest BCUT2D eigenvalue weighted by molar-refractivity contribution is -0.527. The second-order valence-corrected chi connectivity index (χ2v) is 6.35. The minimum absolute atomic E-state index is 0.327. The molecular formula is C18H17ClN2O4. The van der Waals surface area contributed by atoms with Crippen LogP contribution < -0.4 is 5.32 Å². The Hall–Kier alpha value is -2.44. The number of halogens is 1. The van der Waals surface area contributed by atoms with Gasteiger partial charge in [-0.1, -0.05) is 54.1 Å². The van der Waals surface area contributed by atoms with Crippen LogP contribution in [-0.2, 0) is 9.53 Å². The molecule has 1 heterocycles. The standard InChI is InChI=1S/C18H17ClN2O4/c1-25-18(22)16-14(11-5-3-2-4-6-11)17(21(23)24)15(20-16)12-7-9-13(19)10-8-12/h2-10,14-17,20H,1H3/t14-,15-,16+,17+/m1/s1. The molecule has 7 heteroatoms. The zero-order chi connectivity index (χ0) is 18.0. The van der Waals surface area contributed by atoms with Gasteiger partial charge in [-0.25, -0.2) is 0 Å². The first-order valence-corrected chi connectivity index (χ1v) is 8.18. The number of nitro groups is 1. The maximum absolute atomic E-state index is 12.3. The van der Waals surface area contributed by atoms with E-state index in [0.717, 1.165) is 5.56 Å². The summed E-state index contributed by atoms with van der Waals surface area (Å²) < 4.78 is 4.87. The maximum atomic E-state index is 12.3. The van der Waals surface area contributed by atoms with Crippen LogP contribution in [0.3, 0.4) is 0 Å². The number of nitrogens with zero attached hydrogens (tertiary/aromatic N) is 1. The SMILES string of the molecule is COC(=O)[C@H]1N[C@H](c2ccc(Cl)cc2)[C@@H]([N+](=O)[O-])[C@@H]1c1ccccc1. The zero-order valence-corrected chi connectivity index (χ0v) is 14.2. The number of esters is 1. The first-order chi connectivity index (χ1) is 12.0. The van der Waals surface area contributed by atoms with E-state index in [1.165, 1.54) is 7.11 Å². The van der Waals surface area contributed by atoms with E-state index >= 15 is 0 Å². The van der Waals surface area contributed by atoms with E-state index in [9.17, 15) is 14.9 Å². The van der Waals surface area contributed by atoms with Gasteiger partial charge in [0.25, 0.3) is 0 Å². The van der Waals surface area contributed by atoms with E-state index in [4.69, 9.17) is 16.3 Å². The minimum atomic E-state index is -1.01. The molecule has 0 spiro atoms. The molecule has 1 saturated heterocycles. The van der Waals surface area contributed by atoms with E-state index in [-0.39, 0.29) is 4.92 Å². The summed E-state index contributed by atoms with van der Waals surface area (Å²) >= 11 is 5.92. The molecule has 0 saturated carbocycles. The number of carbonyl (C=O) groups excluding carboxylic acids is 1. The lowest BCUT2D eigenvalue weighted by atomic mass is 9.85. The summed E-state index contributed by atoms with van der Waals surface area (Å²) in [5.41, 5.74) is 1.43. The minimum Gasteiger partial charge on any atom is -0.468 e. The van der Waals surface area contributed by atoms with Crippen molar-refractivity contribution in [3.05, 3.63) is 80.9 Å². The summed E-state index contributed by atoms with van der Waals surface area (Å²) in [5, 5.41) is 15.5. The molecule has 3 rings (SSSR count). The molecule has 0 aromatic heterocycles. The summed E-state index contributed by atoms with van der Waals surface area (Å²) in [6.45, 7) is 0. The number of nitrogens with one attached hydrogen (secondary N) is 1. The molecule has 1 aliphatic rings. The molecule has 2 aromatic rings. The Labute approximate surface area is 149 Å². The van der Waals surface area contributed by atoms with Crippen molar-refractivity contribution in [2.45, 2.75) is 24.0 Å². The third-order valence-electron chi connectivity index (χ3n) is 4.54. The van der Waals surface area contributed by atoms with Crippen LogP contribution in [0.1, 0.15) is 23.1 Å². The Bertz CT molecular complexity index is 766. The van der Waals surface area contributed by atoms with E-state index in [1.807, 2.05) is 6.07 Å². The molecule has 4 atom stereocenters. The highest BCUT2D eigenvalue weighted by Gasteiger charge is 2.54. The molecule has 0 bridgehead atoms. The lowest BCUT2D eigenvalue weighted by Crippen LogP contribution is -2.37. The molecule has 0 amide bonds. The van der Waals surface area contributed by atoms with Crippen molar-refractivity contribution in [3.63, 3.8) is 0 Å². The van der Waals surface area contributed by atoms with Crippen LogP contribution >= 0.6 is 11.6 Å². The van der Waals surface area contributed by atoms with Crippen LogP contribution in [0.4, 0.5) is 0 Å². The van der Waals surface area contributed by atoms with Crippen molar-refractivity contribution in [1.82, 2.24) is 5.32 Å². The van der Waals surface area contributed by atoms with Gasteiger partial charge in [0.1, 0.15) is 12.1 Å². The van der Waals surface area contributed by atoms with Crippen molar-refractivity contribution in [2.24, 2.45) is 0 Å². The molecule has 1 aliphatic heterocycles. The first-order valence-electron chi connectivity index (χ1n) is 7.80. The van der Waals surface area contributed by atoms with Gasteiger partial charge in [-0.2, -0.15) is 0 Å². The summed E-state index contributed by atoms with van der Waals surface area (Å²) in [7, 11) is 1.28. The molecule has 0 aliphatic carbocycles. The van der Waals surface area contributed by atoms with Gasteiger partial charge >= 0.3 is 5.97 Å². The fourth-order valence-corrected chi connectivity index (χ4v) is 3.55. The van der Waals surface area contributed by atoms with Gasteiger partial charge < -0.3 is 4.74 Å². The molecule has 130 valence electrons. The molecule has 0 radical (unpaired) electrons. The van der Waals surface area contributed by atoms with Gasteiger partial charge in [0.15, 0.2) is 0 Å². The van der Waals surface area contributed by atoms with E-state index < -0.39 is 30.0 Å². The second-order valence-electron chi connectivity index (χ2n) is 5.91. The van der Waals surface area contributed by atoms with E-state index in [2.05, 4.69) is 5.32 Å². The predicted molar refractivity (Wildman–Crippen MR) is 93.1 cm³/mol. The zero-order valence-electron chi connectivity index (χ0n) is 13.5. The van der Waals surface area contributed by atoms with Crippen LogP contribution in [0, 0.1) is 10.1 Å².